The van der Waals surface area contributed by atoms with Crippen molar-refractivity contribution in [1.29, 1.82) is 0 Å². The third-order valence-electron chi connectivity index (χ3n) is 7.80. The zero-order valence-electron chi connectivity index (χ0n) is 20.7. The minimum Gasteiger partial charge on any atom is -0.309 e. The summed E-state index contributed by atoms with van der Waals surface area (Å²) in [6.07, 6.45) is 1.98. The molecule has 182 valence electrons. The van der Waals surface area contributed by atoms with Crippen LogP contribution in [0.15, 0.2) is 121 Å². The minimum absolute atomic E-state index is 0.696. The van der Waals surface area contributed by atoms with Crippen molar-refractivity contribution in [1.82, 2.24) is 19.1 Å². The molecule has 0 saturated heterocycles. The zero-order chi connectivity index (χ0) is 25.5. The highest BCUT2D eigenvalue weighted by Crippen LogP contribution is 2.38. The summed E-state index contributed by atoms with van der Waals surface area (Å²) in [6, 6.07) is 41.0. The number of rotatable bonds is 2. The molecule has 5 aromatic carbocycles. The van der Waals surface area contributed by atoms with Crippen molar-refractivity contribution in [3.63, 3.8) is 0 Å². The van der Waals surface area contributed by atoms with Crippen LogP contribution in [0.3, 0.4) is 0 Å². The summed E-state index contributed by atoms with van der Waals surface area (Å²) in [7, 11) is 0. The SMILES string of the molecule is c1ccc2c(c1)c1ccccc1n2-c1ccc2sc3cnc(-n4c5ccccc5c5ccccc54)nc3c2c1. The van der Waals surface area contributed by atoms with Gasteiger partial charge in [0.1, 0.15) is 0 Å². The van der Waals surface area contributed by atoms with Gasteiger partial charge in [-0.05, 0) is 42.5 Å². The molecule has 0 bridgehead atoms. The number of para-hydroxylation sites is 4. The van der Waals surface area contributed by atoms with Gasteiger partial charge in [-0.3, -0.25) is 4.57 Å². The fourth-order valence-electron chi connectivity index (χ4n) is 6.13. The standard InChI is InChI=1S/C34H20N4S/c1-5-13-27-22(9-1)23-10-2-6-14-28(23)37(27)21-17-18-31-26(19-21)33-32(39-31)20-35-34(36-33)38-29-15-7-3-11-24(29)25-12-4-8-16-30(25)38/h1-20H. The maximum atomic E-state index is 5.21. The van der Waals surface area contributed by atoms with E-state index >= 15 is 0 Å². The molecule has 0 radical (unpaired) electrons. The van der Waals surface area contributed by atoms with Crippen molar-refractivity contribution in [2.24, 2.45) is 0 Å². The predicted molar refractivity (Wildman–Crippen MR) is 164 cm³/mol. The van der Waals surface area contributed by atoms with Gasteiger partial charge < -0.3 is 4.57 Å². The summed E-state index contributed by atoms with van der Waals surface area (Å²) < 4.78 is 6.85. The average molecular weight is 517 g/mol. The Bertz CT molecular complexity index is 2130. The minimum atomic E-state index is 0.696. The van der Waals surface area contributed by atoms with E-state index in [0.29, 0.717) is 5.95 Å². The predicted octanol–water partition coefficient (Wildman–Crippen LogP) is 9.04. The molecule has 4 aromatic heterocycles. The van der Waals surface area contributed by atoms with Crippen LogP contribution in [0.2, 0.25) is 0 Å². The van der Waals surface area contributed by atoms with Crippen molar-refractivity contribution in [3.05, 3.63) is 121 Å². The van der Waals surface area contributed by atoms with Crippen LogP contribution >= 0.6 is 11.3 Å². The van der Waals surface area contributed by atoms with E-state index in [2.05, 4.69) is 124 Å². The molecule has 4 heterocycles. The van der Waals surface area contributed by atoms with Gasteiger partial charge in [0.15, 0.2) is 0 Å². The lowest BCUT2D eigenvalue weighted by Crippen LogP contribution is -2.00. The van der Waals surface area contributed by atoms with E-state index in [9.17, 15) is 0 Å². The molecular formula is C34H20N4S. The largest absolute Gasteiger partial charge is 0.309 e. The Hall–Kier alpha value is -5.00. The van der Waals surface area contributed by atoms with Crippen LogP contribution in [0.5, 0.6) is 0 Å². The van der Waals surface area contributed by atoms with E-state index in [0.717, 1.165) is 32.3 Å². The number of hydrogen-bond acceptors (Lipinski definition) is 3. The van der Waals surface area contributed by atoms with Gasteiger partial charge in [0.25, 0.3) is 0 Å². The second kappa shape index (κ2) is 7.76. The van der Waals surface area contributed by atoms with Gasteiger partial charge in [-0.25, -0.2) is 9.97 Å². The first-order chi connectivity index (χ1) is 19.3. The quantitative estimate of drug-likeness (QED) is 0.230. The van der Waals surface area contributed by atoms with Crippen LogP contribution in [0.1, 0.15) is 0 Å². The summed E-state index contributed by atoms with van der Waals surface area (Å²) in [5.74, 6) is 0.696. The maximum absolute atomic E-state index is 5.21. The highest BCUT2D eigenvalue weighted by molar-refractivity contribution is 7.25. The Kier molecular flexibility index (Phi) is 4.18. The fourth-order valence-corrected chi connectivity index (χ4v) is 7.12. The van der Waals surface area contributed by atoms with Crippen molar-refractivity contribution < 1.29 is 0 Å². The number of thiophene rings is 1. The molecule has 0 spiro atoms. The van der Waals surface area contributed by atoms with E-state index < -0.39 is 0 Å². The zero-order valence-corrected chi connectivity index (χ0v) is 21.6. The maximum Gasteiger partial charge on any atom is 0.235 e. The molecule has 0 aliphatic carbocycles. The van der Waals surface area contributed by atoms with E-state index in [1.54, 1.807) is 11.3 Å². The van der Waals surface area contributed by atoms with Gasteiger partial charge in [-0.1, -0.05) is 72.8 Å². The fraction of sp³-hybridized carbons (Fsp3) is 0. The molecule has 0 aliphatic rings. The Morgan fingerprint density at radius 1 is 0.487 bits per heavy atom. The first-order valence-electron chi connectivity index (χ1n) is 13.0. The lowest BCUT2D eigenvalue weighted by molar-refractivity contribution is 1.01. The lowest BCUT2D eigenvalue weighted by Gasteiger charge is -2.08. The Balaban J connectivity index is 1.32. The molecule has 0 N–H and O–H groups in total. The molecule has 0 atom stereocenters. The van der Waals surface area contributed by atoms with Crippen LogP contribution in [-0.4, -0.2) is 19.1 Å². The van der Waals surface area contributed by atoms with Crippen LogP contribution in [0.25, 0.3) is 75.6 Å². The molecule has 4 nitrogen and oxygen atoms in total. The Morgan fingerprint density at radius 2 is 1.00 bits per heavy atom. The molecular weight excluding hydrogens is 496 g/mol. The van der Waals surface area contributed by atoms with Gasteiger partial charge in [0, 0.05) is 37.3 Å². The van der Waals surface area contributed by atoms with E-state index in [1.165, 1.54) is 37.3 Å². The third kappa shape index (κ3) is 2.88. The first-order valence-corrected chi connectivity index (χ1v) is 13.8. The Morgan fingerprint density at radius 3 is 1.56 bits per heavy atom. The third-order valence-corrected chi connectivity index (χ3v) is 8.89. The summed E-state index contributed by atoms with van der Waals surface area (Å²) in [5.41, 5.74) is 6.77. The van der Waals surface area contributed by atoms with Crippen molar-refractivity contribution >= 4 is 75.3 Å². The molecule has 0 amide bonds. The molecule has 0 unspecified atom stereocenters. The normalized spacial score (nSPS) is 12.1. The van der Waals surface area contributed by atoms with E-state index in [-0.39, 0.29) is 0 Å². The van der Waals surface area contributed by atoms with Crippen LogP contribution in [-0.2, 0) is 0 Å². The number of hydrogen-bond donors (Lipinski definition) is 0. The van der Waals surface area contributed by atoms with Gasteiger partial charge in [-0.15, -0.1) is 11.3 Å². The monoisotopic (exact) mass is 516 g/mol. The number of nitrogens with zero attached hydrogens (tertiary/aromatic N) is 4. The van der Waals surface area contributed by atoms with Crippen molar-refractivity contribution in [3.8, 4) is 11.6 Å². The average Bonchev–Trinajstić information content (AvgIpc) is 3.64. The topological polar surface area (TPSA) is 35.6 Å². The number of benzene rings is 5. The van der Waals surface area contributed by atoms with Gasteiger partial charge in [0.05, 0.1) is 38.5 Å². The highest BCUT2D eigenvalue weighted by atomic mass is 32.1. The molecule has 0 saturated carbocycles. The molecule has 9 rings (SSSR count). The second-order valence-electron chi connectivity index (χ2n) is 9.90. The molecule has 0 aliphatic heterocycles. The summed E-state index contributed by atoms with van der Waals surface area (Å²) in [4.78, 5) is 10.1. The van der Waals surface area contributed by atoms with Gasteiger partial charge in [0.2, 0.25) is 5.95 Å². The first kappa shape index (κ1) is 21.0. The van der Waals surface area contributed by atoms with Crippen LogP contribution < -0.4 is 0 Å². The lowest BCUT2D eigenvalue weighted by atomic mass is 10.2. The number of fused-ring (bicyclic) bond motifs is 9. The molecule has 0 fully saturated rings. The summed E-state index contributed by atoms with van der Waals surface area (Å²) in [6.45, 7) is 0. The summed E-state index contributed by atoms with van der Waals surface area (Å²) in [5, 5.41) is 6.10. The number of aromatic nitrogens is 4. The van der Waals surface area contributed by atoms with Gasteiger partial charge >= 0.3 is 0 Å². The highest BCUT2D eigenvalue weighted by Gasteiger charge is 2.17. The molecule has 9 aromatic rings. The smallest absolute Gasteiger partial charge is 0.235 e. The van der Waals surface area contributed by atoms with Gasteiger partial charge in [-0.2, -0.15) is 0 Å². The molecule has 39 heavy (non-hydrogen) atoms. The second-order valence-corrected chi connectivity index (χ2v) is 11.0. The molecule has 5 heteroatoms. The van der Waals surface area contributed by atoms with Crippen molar-refractivity contribution in [2.45, 2.75) is 0 Å². The Labute approximate surface area is 227 Å². The van der Waals surface area contributed by atoms with E-state index in [4.69, 9.17) is 9.97 Å². The van der Waals surface area contributed by atoms with Crippen LogP contribution in [0, 0.1) is 0 Å². The van der Waals surface area contributed by atoms with Crippen LogP contribution in [0.4, 0.5) is 0 Å². The van der Waals surface area contributed by atoms with E-state index in [1.807, 2.05) is 6.20 Å². The summed E-state index contributed by atoms with van der Waals surface area (Å²) >= 11 is 1.74. The van der Waals surface area contributed by atoms with Crippen molar-refractivity contribution in [2.75, 3.05) is 0 Å².